The summed E-state index contributed by atoms with van der Waals surface area (Å²) in [5, 5.41) is 0.753. The van der Waals surface area contributed by atoms with Crippen LogP contribution in [0.3, 0.4) is 0 Å². The van der Waals surface area contributed by atoms with Crippen molar-refractivity contribution in [1.29, 1.82) is 0 Å². The highest BCUT2D eigenvalue weighted by atomic mass is 35.5. The van der Waals surface area contributed by atoms with Gasteiger partial charge in [-0.3, -0.25) is 0 Å². The lowest BCUT2D eigenvalue weighted by atomic mass is 10.2. The first kappa shape index (κ1) is 13.7. The quantitative estimate of drug-likeness (QED) is 0.796. The molecule has 2 nitrogen and oxygen atoms in total. The lowest BCUT2D eigenvalue weighted by Gasteiger charge is -2.09. The lowest BCUT2D eigenvalue weighted by Crippen LogP contribution is -2.15. The van der Waals surface area contributed by atoms with E-state index in [-0.39, 0.29) is 6.04 Å². The Kier molecular flexibility index (Phi) is 6.03. The van der Waals surface area contributed by atoms with Crippen LogP contribution in [0.25, 0.3) is 0 Å². The zero-order chi connectivity index (χ0) is 12.0. The van der Waals surface area contributed by atoms with Gasteiger partial charge in [0.25, 0.3) is 0 Å². The minimum absolute atomic E-state index is 0.272. The molecule has 1 aromatic rings. The summed E-state index contributed by atoms with van der Waals surface area (Å²) >= 11 is 7.81. The third kappa shape index (κ3) is 4.64. The molecule has 1 unspecified atom stereocenters. The van der Waals surface area contributed by atoms with Crippen molar-refractivity contribution >= 4 is 23.4 Å². The predicted molar refractivity (Wildman–Crippen MR) is 72.4 cm³/mol. The maximum absolute atomic E-state index is 5.95. The van der Waals surface area contributed by atoms with Gasteiger partial charge in [-0.2, -0.15) is 11.8 Å². The van der Waals surface area contributed by atoms with E-state index >= 15 is 0 Å². The number of benzene rings is 1. The van der Waals surface area contributed by atoms with Crippen LogP contribution < -0.4 is 10.5 Å². The average Bonchev–Trinajstić information content (AvgIpc) is 2.24. The highest BCUT2D eigenvalue weighted by Gasteiger charge is 2.04. The van der Waals surface area contributed by atoms with E-state index < -0.39 is 0 Å². The van der Waals surface area contributed by atoms with Crippen molar-refractivity contribution in [2.45, 2.75) is 25.1 Å². The fourth-order valence-corrected chi connectivity index (χ4v) is 2.63. The Bertz CT molecular complexity index is 331. The van der Waals surface area contributed by atoms with E-state index in [9.17, 15) is 0 Å². The molecule has 1 rings (SSSR count). The summed E-state index contributed by atoms with van der Waals surface area (Å²) in [6, 6.07) is 5.98. The van der Waals surface area contributed by atoms with Gasteiger partial charge in [0.05, 0.1) is 7.11 Å². The van der Waals surface area contributed by atoms with Gasteiger partial charge in [0.2, 0.25) is 0 Å². The van der Waals surface area contributed by atoms with E-state index in [1.54, 1.807) is 7.11 Å². The molecule has 0 aliphatic carbocycles. The van der Waals surface area contributed by atoms with Crippen molar-refractivity contribution in [1.82, 2.24) is 0 Å². The summed E-state index contributed by atoms with van der Waals surface area (Å²) in [5.74, 6) is 2.88. The molecule has 1 aromatic carbocycles. The third-order valence-electron chi connectivity index (χ3n) is 2.22. The zero-order valence-electron chi connectivity index (χ0n) is 9.70. The highest BCUT2D eigenvalue weighted by molar-refractivity contribution is 7.98. The summed E-state index contributed by atoms with van der Waals surface area (Å²) < 4.78 is 5.28. The van der Waals surface area contributed by atoms with Crippen molar-refractivity contribution in [3.05, 3.63) is 28.8 Å². The number of methoxy groups -OCH3 is 1. The topological polar surface area (TPSA) is 35.2 Å². The van der Waals surface area contributed by atoms with Crippen LogP contribution in [0.5, 0.6) is 5.75 Å². The van der Waals surface area contributed by atoms with Crippen molar-refractivity contribution in [3.8, 4) is 5.75 Å². The Labute approximate surface area is 107 Å². The monoisotopic (exact) mass is 259 g/mol. The van der Waals surface area contributed by atoms with Gasteiger partial charge in [0.15, 0.2) is 0 Å². The Morgan fingerprint density at radius 2 is 2.25 bits per heavy atom. The molecule has 90 valence electrons. The number of thioether (sulfide) groups is 1. The highest BCUT2D eigenvalue weighted by Crippen LogP contribution is 2.26. The molecule has 0 amide bonds. The second-order valence-electron chi connectivity index (χ2n) is 3.77. The summed E-state index contributed by atoms with van der Waals surface area (Å²) in [5.41, 5.74) is 6.84. The molecular formula is C12H18ClNOS. The van der Waals surface area contributed by atoms with Gasteiger partial charge >= 0.3 is 0 Å². The van der Waals surface area contributed by atoms with E-state index in [0.717, 1.165) is 34.3 Å². The number of hydrogen-bond acceptors (Lipinski definition) is 3. The third-order valence-corrected chi connectivity index (χ3v) is 3.49. The SMILES string of the molecule is COc1ccc(Cl)cc1CSCCC(C)N. The molecule has 2 N–H and O–H groups in total. The van der Waals surface area contributed by atoms with Gasteiger partial charge in [0.1, 0.15) is 5.75 Å². The van der Waals surface area contributed by atoms with Gasteiger partial charge in [-0.05, 0) is 37.3 Å². The molecule has 0 saturated carbocycles. The molecule has 0 aliphatic heterocycles. The molecule has 0 bridgehead atoms. The second kappa shape index (κ2) is 7.05. The van der Waals surface area contributed by atoms with Crippen LogP contribution in [0.15, 0.2) is 18.2 Å². The molecule has 16 heavy (non-hydrogen) atoms. The minimum atomic E-state index is 0.272. The number of hydrogen-bond donors (Lipinski definition) is 1. The van der Waals surface area contributed by atoms with Crippen molar-refractivity contribution in [2.24, 2.45) is 5.73 Å². The van der Waals surface area contributed by atoms with E-state index in [4.69, 9.17) is 22.1 Å². The maximum atomic E-state index is 5.95. The van der Waals surface area contributed by atoms with Gasteiger partial charge < -0.3 is 10.5 Å². The zero-order valence-corrected chi connectivity index (χ0v) is 11.3. The van der Waals surface area contributed by atoms with Gasteiger partial charge in [-0.25, -0.2) is 0 Å². The van der Waals surface area contributed by atoms with E-state index in [2.05, 4.69) is 0 Å². The summed E-state index contributed by atoms with van der Waals surface area (Å²) in [7, 11) is 1.68. The summed E-state index contributed by atoms with van der Waals surface area (Å²) in [4.78, 5) is 0. The minimum Gasteiger partial charge on any atom is -0.496 e. The van der Waals surface area contributed by atoms with Gasteiger partial charge in [0, 0.05) is 22.4 Å². The van der Waals surface area contributed by atoms with Crippen LogP contribution in [-0.2, 0) is 5.75 Å². The molecule has 0 radical (unpaired) electrons. The lowest BCUT2D eigenvalue weighted by molar-refractivity contribution is 0.411. The summed E-state index contributed by atoms with van der Waals surface area (Å²) in [6.45, 7) is 2.03. The molecule has 0 spiro atoms. The molecule has 0 fully saturated rings. The van der Waals surface area contributed by atoms with Crippen LogP contribution in [0, 0.1) is 0 Å². The Morgan fingerprint density at radius 3 is 2.88 bits per heavy atom. The maximum Gasteiger partial charge on any atom is 0.122 e. The number of ether oxygens (including phenoxy) is 1. The van der Waals surface area contributed by atoms with Crippen molar-refractivity contribution in [3.63, 3.8) is 0 Å². The largest absolute Gasteiger partial charge is 0.496 e. The standard InChI is InChI=1S/C12H18ClNOS/c1-9(14)5-6-16-8-10-7-11(13)3-4-12(10)15-2/h3-4,7,9H,5-6,8,14H2,1-2H3. The summed E-state index contributed by atoms with van der Waals surface area (Å²) in [6.07, 6.45) is 1.04. The van der Waals surface area contributed by atoms with Crippen LogP contribution in [-0.4, -0.2) is 18.9 Å². The Balaban J connectivity index is 2.48. The first-order valence-electron chi connectivity index (χ1n) is 5.29. The number of halogens is 1. The van der Waals surface area contributed by atoms with Crippen LogP contribution in [0.4, 0.5) is 0 Å². The van der Waals surface area contributed by atoms with E-state index in [1.807, 2.05) is 36.9 Å². The molecule has 0 saturated heterocycles. The number of nitrogens with two attached hydrogens (primary N) is 1. The molecule has 4 heteroatoms. The smallest absolute Gasteiger partial charge is 0.122 e. The molecule has 1 atom stereocenters. The van der Waals surface area contributed by atoms with Crippen LogP contribution >= 0.6 is 23.4 Å². The Morgan fingerprint density at radius 1 is 1.50 bits per heavy atom. The van der Waals surface area contributed by atoms with Crippen LogP contribution in [0.1, 0.15) is 18.9 Å². The van der Waals surface area contributed by atoms with Crippen molar-refractivity contribution < 1.29 is 4.74 Å². The number of rotatable bonds is 6. The normalized spacial score (nSPS) is 12.5. The first-order chi connectivity index (χ1) is 7.63. The molecule has 0 heterocycles. The van der Waals surface area contributed by atoms with Gasteiger partial charge in [-0.1, -0.05) is 11.6 Å². The van der Waals surface area contributed by atoms with Crippen LogP contribution in [0.2, 0.25) is 5.02 Å². The van der Waals surface area contributed by atoms with Crippen molar-refractivity contribution in [2.75, 3.05) is 12.9 Å². The van der Waals surface area contributed by atoms with E-state index in [0.29, 0.717) is 0 Å². The molecule has 0 aliphatic rings. The fourth-order valence-electron chi connectivity index (χ4n) is 1.31. The average molecular weight is 260 g/mol. The van der Waals surface area contributed by atoms with E-state index in [1.165, 1.54) is 0 Å². The second-order valence-corrected chi connectivity index (χ2v) is 5.32. The predicted octanol–water partition coefficient (Wildman–Crippen LogP) is 3.32. The first-order valence-corrected chi connectivity index (χ1v) is 6.82. The molecule has 0 aromatic heterocycles. The molecular weight excluding hydrogens is 242 g/mol. The fraction of sp³-hybridized carbons (Fsp3) is 0.500. The Hall–Kier alpha value is -0.380. The van der Waals surface area contributed by atoms with Gasteiger partial charge in [-0.15, -0.1) is 0 Å².